The van der Waals surface area contributed by atoms with Crippen molar-refractivity contribution < 1.29 is 19.2 Å². The Kier molecular flexibility index (Phi) is 4.91. The molecule has 3 aliphatic rings. The van der Waals surface area contributed by atoms with E-state index in [1.807, 2.05) is 12.1 Å². The molecule has 2 heterocycles. The molecule has 1 aromatic carbocycles. The standard InChI is InChI=1S/C21H25N3O4/c1-13(25)23-10-4-5-14-11-15(8-9-18(14)23)22-19(26)12-24-20(27)16-6-2-3-7-17(16)21(24)28/h8-9,11,16-17H,2-7,10,12H2,1H3,(H,22,26). The van der Waals surface area contributed by atoms with Crippen LogP contribution < -0.4 is 10.2 Å². The normalized spacial score (nSPS) is 24.0. The van der Waals surface area contributed by atoms with Gasteiger partial charge in [-0.05, 0) is 49.4 Å². The highest BCUT2D eigenvalue weighted by Gasteiger charge is 2.48. The zero-order chi connectivity index (χ0) is 19.8. The second-order valence-corrected chi connectivity index (χ2v) is 7.93. The highest BCUT2D eigenvalue weighted by Crippen LogP contribution is 2.38. The van der Waals surface area contributed by atoms with Crippen LogP contribution in [-0.4, -0.2) is 41.6 Å². The first kappa shape index (κ1) is 18.7. The van der Waals surface area contributed by atoms with Crippen LogP contribution in [0.2, 0.25) is 0 Å². The van der Waals surface area contributed by atoms with Crippen molar-refractivity contribution in [1.82, 2.24) is 4.90 Å². The van der Waals surface area contributed by atoms with Gasteiger partial charge >= 0.3 is 0 Å². The van der Waals surface area contributed by atoms with Crippen molar-refractivity contribution in [1.29, 1.82) is 0 Å². The van der Waals surface area contributed by atoms with Crippen LogP contribution in [0.5, 0.6) is 0 Å². The van der Waals surface area contributed by atoms with E-state index in [9.17, 15) is 19.2 Å². The van der Waals surface area contributed by atoms with Gasteiger partial charge in [-0.2, -0.15) is 0 Å². The number of fused-ring (bicyclic) bond motifs is 2. The number of hydrogen-bond acceptors (Lipinski definition) is 4. The van der Waals surface area contributed by atoms with Gasteiger partial charge in [-0.1, -0.05) is 12.8 Å². The Hall–Kier alpha value is -2.70. The Bertz CT molecular complexity index is 826. The second-order valence-electron chi connectivity index (χ2n) is 7.93. The first-order chi connectivity index (χ1) is 13.5. The molecule has 2 atom stereocenters. The number of hydrogen-bond donors (Lipinski definition) is 1. The minimum atomic E-state index is -0.375. The second kappa shape index (κ2) is 7.37. The van der Waals surface area contributed by atoms with Crippen LogP contribution >= 0.6 is 0 Å². The number of carbonyl (C=O) groups is 4. The summed E-state index contributed by atoms with van der Waals surface area (Å²) in [4.78, 5) is 52.2. The molecule has 0 bridgehead atoms. The number of amides is 4. The number of aryl methyl sites for hydroxylation is 1. The third kappa shape index (κ3) is 3.30. The molecule has 0 spiro atoms. The number of rotatable bonds is 3. The molecule has 7 heteroatoms. The molecule has 1 aliphatic carbocycles. The number of anilines is 2. The lowest BCUT2D eigenvalue weighted by Crippen LogP contribution is -2.38. The number of likely N-dealkylation sites (tertiary alicyclic amines) is 1. The molecule has 2 fully saturated rings. The molecule has 1 aromatic rings. The maximum Gasteiger partial charge on any atom is 0.244 e. The lowest BCUT2D eigenvalue weighted by atomic mass is 9.81. The summed E-state index contributed by atoms with van der Waals surface area (Å²) >= 11 is 0. The van der Waals surface area contributed by atoms with Crippen LogP contribution in [-0.2, 0) is 25.6 Å². The van der Waals surface area contributed by atoms with Crippen molar-refractivity contribution in [3.63, 3.8) is 0 Å². The van der Waals surface area contributed by atoms with Gasteiger partial charge < -0.3 is 10.2 Å². The van der Waals surface area contributed by atoms with Crippen molar-refractivity contribution >= 4 is 35.0 Å². The van der Waals surface area contributed by atoms with Crippen molar-refractivity contribution in [3.8, 4) is 0 Å². The van der Waals surface area contributed by atoms with E-state index in [1.165, 1.54) is 0 Å². The van der Waals surface area contributed by atoms with E-state index in [4.69, 9.17) is 0 Å². The third-order valence-corrected chi connectivity index (χ3v) is 6.10. The van der Waals surface area contributed by atoms with Gasteiger partial charge in [0, 0.05) is 24.8 Å². The number of nitrogens with zero attached hydrogens (tertiary/aromatic N) is 2. The minimum absolute atomic E-state index is 0.00487. The van der Waals surface area contributed by atoms with Crippen molar-refractivity contribution in [2.75, 3.05) is 23.3 Å². The molecule has 2 aliphatic heterocycles. The molecule has 1 saturated carbocycles. The van der Waals surface area contributed by atoms with Crippen molar-refractivity contribution in [2.45, 2.75) is 45.4 Å². The maximum absolute atomic E-state index is 12.5. The molecule has 28 heavy (non-hydrogen) atoms. The third-order valence-electron chi connectivity index (χ3n) is 6.10. The van der Waals surface area contributed by atoms with E-state index >= 15 is 0 Å². The van der Waals surface area contributed by atoms with E-state index in [0.717, 1.165) is 54.7 Å². The Morgan fingerprint density at radius 1 is 1.07 bits per heavy atom. The van der Waals surface area contributed by atoms with E-state index in [0.29, 0.717) is 12.2 Å². The summed E-state index contributed by atoms with van der Waals surface area (Å²) in [5.74, 6) is -1.25. The minimum Gasteiger partial charge on any atom is -0.325 e. The van der Waals surface area contributed by atoms with Gasteiger partial charge in [0.25, 0.3) is 0 Å². The van der Waals surface area contributed by atoms with Gasteiger partial charge in [-0.3, -0.25) is 24.1 Å². The fourth-order valence-corrected chi connectivity index (χ4v) is 4.73. The van der Waals surface area contributed by atoms with Crippen LogP contribution in [0.4, 0.5) is 11.4 Å². The van der Waals surface area contributed by atoms with Gasteiger partial charge in [0.2, 0.25) is 23.6 Å². The fraction of sp³-hybridized carbons (Fsp3) is 0.524. The van der Waals surface area contributed by atoms with Crippen LogP contribution in [0, 0.1) is 11.8 Å². The van der Waals surface area contributed by atoms with Gasteiger partial charge in [-0.25, -0.2) is 0 Å². The van der Waals surface area contributed by atoms with Crippen LogP contribution in [0.15, 0.2) is 18.2 Å². The summed E-state index contributed by atoms with van der Waals surface area (Å²) in [6.45, 7) is 2.02. The van der Waals surface area contributed by atoms with Crippen molar-refractivity contribution in [2.24, 2.45) is 11.8 Å². The molecule has 7 nitrogen and oxygen atoms in total. The SMILES string of the molecule is CC(=O)N1CCCc2cc(NC(=O)CN3C(=O)C4CCCCC4C3=O)ccc21. The number of imide groups is 1. The Balaban J connectivity index is 1.44. The van der Waals surface area contributed by atoms with Gasteiger partial charge in [0.1, 0.15) is 6.54 Å². The summed E-state index contributed by atoms with van der Waals surface area (Å²) in [7, 11) is 0. The predicted molar refractivity (Wildman–Crippen MR) is 104 cm³/mol. The largest absolute Gasteiger partial charge is 0.325 e. The smallest absolute Gasteiger partial charge is 0.244 e. The first-order valence-electron chi connectivity index (χ1n) is 10.0. The van der Waals surface area contributed by atoms with E-state index in [1.54, 1.807) is 17.9 Å². The fourth-order valence-electron chi connectivity index (χ4n) is 4.73. The topological polar surface area (TPSA) is 86.8 Å². The highest BCUT2D eigenvalue weighted by atomic mass is 16.2. The summed E-state index contributed by atoms with van der Waals surface area (Å²) in [6, 6.07) is 5.47. The molecule has 4 rings (SSSR count). The summed E-state index contributed by atoms with van der Waals surface area (Å²) in [6.07, 6.45) is 5.13. The maximum atomic E-state index is 12.5. The average Bonchev–Trinajstić information content (AvgIpc) is 2.92. The Morgan fingerprint density at radius 3 is 2.39 bits per heavy atom. The van der Waals surface area contributed by atoms with Gasteiger partial charge in [0.05, 0.1) is 11.8 Å². The molecular formula is C21H25N3O4. The summed E-state index contributed by atoms with van der Waals surface area (Å²) in [5, 5.41) is 2.80. The molecule has 4 amide bonds. The lowest BCUT2D eigenvalue weighted by molar-refractivity contribution is -0.142. The monoisotopic (exact) mass is 383 g/mol. The van der Waals surface area contributed by atoms with Gasteiger partial charge in [-0.15, -0.1) is 0 Å². The Morgan fingerprint density at radius 2 is 1.75 bits per heavy atom. The molecule has 2 unspecified atom stereocenters. The number of carbonyl (C=O) groups excluding carboxylic acids is 4. The molecule has 0 aromatic heterocycles. The molecular weight excluding hydrogens is 358 g/mol. The Labute approximate surface area is 164 Å². The van der Waals surface area contributed by atoms with Crippen LogP contribution in [0.25, 0.3) is 0 Å². The van der Waals surface area contributed by atoms with E-state index in [-0.39, 0.29) is 42.0 Å². The van der Waals surface area contributed by atoms with E-state index in [2.05, 4.69) is 5.32 Å². The first-order valence-corrected chi connectivity index (χ1v) is 10.0. The van der Waals surface area contributed by atoms with E-state index < -0.39 is 0 Å². The summed E-state index contributed by atoms with van der Waals surface area (Å²) in [5.41, 5.74) is 2.51. The predicted octanol–water partition coefficient (Wildman–Crippen LogP) is 2.10. The average molecular weight is 383 g/mol. The highest BCUT2D eigenvalue weighted by molar-refractivity contribution is 6.08. The number of nitrogens with one attached hydrogen (secondary N) is 1. The quantitative estimate of drug-likeness (QED) is 0.810. The lowest BCUT2D eigenvalue weighted by Gasteiger charge is -2.29. The zero-order valence-electron chi connectivity index (χ0n) is 16.1. The van der Waals surface area contributed by atoms with Crippen LogP contribution in [0.1, 0.15) is 44.6 Å². The molecule has 0 radical (unpaired) electrons. The molecule has 1 N–H and O–H groups in total. The van der Waals surface area contributed by atoms with Gasteiger partial charge in [0.15, 0.2) is 0 Å². The summed E-state index contributed by atoms with van der Waals surface area (Å²) < 4.78 is 0. The molecule has 148 valence electrons. The molecule has 1 saturated heterocycles. The van der Waals surface area contributed by atoms with Crippen LogP contribution in [0.3, 0.4) is 0 Å². The van der Waals surface area contributed by atoms with Crippen molar-refractivity contribution in [3.05, 3.63) is 23.8 Å². The number of benzene rings is 1. The zero-order valence-corrected chi connectivity index (χ0v) is 16.1.